The molecule has 2 aliphatic heterocycles. The minimum absolute atomic E-state index is 0.118. The van der Waals surface area contributed by atoms with Crippen molar-refractivity contribution in [1.29, 1.82) is 0 Å². The third-order valence-corrected chi connectivity index (χ3v) is 8.17. The van der Waals surface area contributed by atoms with E-state index in [9.17, 15) is 13.2 Å². The first-order valence-electron chi connectivity index (χ1n) is 11.5. The zero-order valence-corrected chi connectivity index (χ0v) is 21.0. The van der Waals surface area contributed by atoms with Crippen molar-refractivity contribution in [3.8, 4) is 0 Å². The lowest BCUT2D eigenvalue weighted by Crippen LogP contribution is -2.48. The maximum atomic E-state index is 12.9. The highest BCUT2D eigenvalue weighted by Gasteiger charge is 2.28. The summed E-state index contributed by atoms with van der Waals surface area (Å²) in [6.07, 6.45) is 1.60. The lowest BCUT2D eigenvalue weighted by atomic mass is 10.1. The van der Waals surface area contributed by atoms with Gasteiger partial charge in [0.25, 0.3) is 0 Å². The van der Waals surface area contributed by atoms with Crippen LogP contribution in [0.5, 0.6) is 0 Å². The van der Waals surface area contributed by atoms with Crippen LogP contribution < -0.4 is 14.9 Å². The summed E-state index contributed by atoms with van der Waals surface area (Å²) in [4.78, 5) is 17.0. The summed E-state index contributed by atoms with van der Waals surface area (Å²) in [5, 5.41) is 2.63. The monoisotopic (exact) mass is 466 g/mol. The first-order chi connectivity index (χ1) is 15.0. The van der Waals surface area contributed by atoms with E-state index in [0.29, 0.717) is 25.9 Å². The average Bonchev–Trinajstić information content (AvgIpc) is 2.69. The van der Waals surface area contributed by atoms with Crippen LogP contribution in [0.3, 0.4) is 0 Å². The number of nitrogens with zero attached hydrogens (tertiary/aromatic N) is 2. The Balaban J connectivity index is 1.61. The topological polar surface area (TPSA) is 91.0 Å². The van der Waals surface area contributed by atoms with E-state index in [0.717, 1.165) is 35.6 Å². The predicted octanol–water partition coefficient (Wildman–Crippen LogP) is 3.24. The molecule has 2 aliphatic rings. The third-order valence-electron chi connectivity index (χ3n) is 6.27. The minimum Gasteiger partial charge on any atom is -0.372 e. The number of ether oxygens (including phenoxy) is 1. The summed E-state index contributed by atoms with van der Waals surface area (Å²) in [7, 11) is -3.30. The fourth-order valence-corrected chi connectivity index (χ4v) is 5.44. The van der Waals surface area contributed by atoms with Gasteiger partial charge in [0.1, 0.15) is 0 Å². The molecule has 0 bridgehead atoms. The molecule has 2 saturated heterocycles. The SMILES string of the molecule is Cc1cc(N2C[C@@H](C)O[C@@H](C)C2)cc(C)c1NC(=O)N1CCC(NS(=O)(=O)C(C)C)CC1. The van der Waals surface area contributed by atoms with E-state index >= 15 is 0 Å². The number of rotatable bonds is 5. The Morgan fingerprint density at radius 1 is 1.06 bits per heavy atom. The van der Waals surface area contributed by atoms with Crippen LogP contribution in [-0.4, -0.2) is 69.0 Å². The van der Waals surface area contributed by atoms with Gasteiger partial charge in [0.05, 0.1) is 17.5 Å². The molecule has 2 atom stereocenters. The number of likely N-dealkylation sites (tertiary alicyclic amines) is 1. The smallest absolute Gasteiger partial charge is 0.321 e. The second kappa shape index (κ2) is 9.97. The molecule has 2 N–H and O–H groups in total. The van der Waals surface area contributed by atoms with Gasteiger partial charge in [-0.05, 0) is 77.6 Å². The van der Waals surface area contributed by atoms with Crippen LogP contribution in [0.2, 0.25) is 0 Å². The maximum Gasteiger partial charge on any atom is 0.321 e. The van der Waals surface area contributed by atoms with Gasteiger partial charge in [0, 0.05) is 43.6 Å². The fourth-order valence-electron chi connectivity index (χ4n) is 4.46. The summed E-state index contributed by atoms with van der Waals surface area (Å²) in [6, 6.07) is 4.00. The van der Waals surface area contributed by atoms with Gasteiger partial charge in [0.2, 0.25) is 10.0 Å². The number of benzene rings is 1. The lowest BCUT2D eigenvalue weighted by molar-refractivity contribution is -0.00522. The Labute approximate surface area is 192 Å². The van der Waals surface area contributed by atoms with Gasteiger partial charge in [-0.15, -0.1) is 0 Å². The fraction of sp³-hybridized carbons (Fsp3) is 0.696. The van der Waals surface area contributed by atoms with E-state index in [-0.39, 0.29) is 24.3 Å². The van der Waals surface area contributed by atoms with E-state index in [1.807, 2.05) is 13.8 Å². The Bertz CT molecular complexity index is 893. The second-order valence-electron chi connectivity index (χ2n) is 9.52. The summed E-state index contributed by atoms with van der Waals surface area (Å²) in [5.74, 6) is 0. The number of sulfonamides is 1. The summed E-state index contributed by atoms with van der Waals surface area (Å²) in [6.45, 7) is 14.3. The highest BCUT2D eigenvalue weighted by Crippen LogP contribution is 2.29. The van der Waals surface area contributed by atoms with Crippen molar-refractivity contribution in [3.05, 3.63) is 23.3 Å². The lowest BCUT2D eigenvalue weighted by Gasteiger charge is -2.37. The standard InChI is InChI=1S/C23H38N4O4S/c1-15(2)32(29,30)25-20-7-9-26(10-8-20)23(28)24-22-16(3)11-21(12-17(22)4)27-13-18(5)31-19(6)14-27/h11-12,15,18-20,25H,7-10,13-14H2,1-6H3,(H,24,28)/t18-,19+. The van der Waals surface area contributed by atoms with Crippen molar-refractivity contribution in [2.45, 2.75) is 77.9 Å². The van der Waals surface area contributed by atoms with E-state index in [1.165, 1.54) is 0 Å². The molecule has 1 aromatic rings. The van der Waals surface area contributed by atoms with E-state index in [1.54, 1.807) is 18.7 Å². The van der Waals surface area contributed by atoms with Crippen molar-refractivity contribution < 1.29 is 17.9 Å². The number of carbonyl (C=O) groups excluding carboxylic acids is 1. The third kappa shape index (κ3) is 5.94. The van der Waals surface area contributed by atoms with Crippen molar-refractivity contribution in [1.82, 2.24) is 9.62 Å². The van der Waals surface area contributed by atoms with Gasteiger partial charge < -0.3 is 19.9 Å². The van der Waals surface area contributed by atoms with Crippen LogP contribution in [-0.2, 0) is 14.8 Å². The molecule has 2 heterocycles. The zero-order chi connectivity index (χ0) is 23.6. The van der Waals surface area contributed by atoms with E-state index in [2.05, 4.69) is 40.9 Å². The molecule has 2 amide bonds. The quantitative estimate of drug-likeness (QED) is 0.695. The molecule has 0 spiro atoms. The molecule has 2 fully saturated rings. The number of amides is 2. The molecule has 1 aromatic carbocycles. The molecule has 8 nitrogen and oxygen atoms in total. The molecule has 0 saturated carbocycles. The number of anilines is 2. The number of hydrogen-bond acceptors (Lipinski definition) is 5. The molecule has 180 valence electrons. The Morgan fingerprint density at radius 2 is 1.59 bits per heavy atom. The Hall–Kier alpha value is -1.84. The summed E-state index contributed by atoms with van der Waals surface area (Å²) < 4.78 is 32.8. The van der Waals surface area contributed by atoms with E-state index < -0.39 is 15.3 Å². The predicted molar refractivity (Wildman–Crippen MR) is 129 cm³/mol. The zero-order valence-electron chi connectivity index (χ0n) is 20.1. The molecular formula is C23H38N4O4S. The molecule has 0 aromatic heterocycles. The normalized spacial score (nSPS) is 23.0. The average molecular weight is 467 g/mol. The molecule has 0 aliphatic carbocycles. The van der Waals surface area contributed by atoms with Crippen LogP contribution >= 0.6 is 0 Å². The number of aryl methyl sites for hydroxylation is 2. The van der Waals surface area contributed by atoms with Crippen molar-refractivity contribution in [2.24, 2.45) is 0 Å². The van der Waals surface area contributed by atoms with Gasteiger partial charge in [-0.25, -0.2) is 17.9 Å². The maximum absolute atomic E-state index is 12.9. The first-order valence-corrected chi connectivity index (χ1v) is 13.1. The molecule has 0 unspecified atom stereocenters. The molecular weight excluding hydrogens is 428 g/mol. The molecule has 32 heavy (non-hydrogen) atoms. The minimum atomic E-state index is -3.30. The number of piperidine rings is 1. The summed E-state index contributed by atoms with van der Waals surface area (Å²) in [5.41, 5.74) is 4.05. The van der Waals surface area contributed by atoms with Crippen molar-refractivity contribution in [2.75, 3.05) is 36.4 Å². The van der Waals surface area contributed by atoms with Gasteiger partial charge in [-0.2, -0.15) is 0 Å². The van der Waals surface area contributed by atoms with Crippen LogP contribution in [0, 0.1) is 13.8 Å². The number of nitrogens with one attached hydrogen (secondary N) is 2. The van der Waals surface area contributed by atoms with Gasteiger partial charge >= 0.3 is 6.03 Å². The first kappa shape index (κ1) is 24.8. The Morgan fingerprint density at radius 3 is 2.09 bits per heavy atom. The number of urea groups is 1. The number of carbonyl (C=O) groups is 1. The van der Waals surface area contributed by atoms with Gasteiger partial charge in [-0.3, -0.25) is 0 Å². The van der Waals surface area contributed by atoms with Crippen LogP contribution in [0.4, 0.5) is 16.2 Å². The van der Waals surface area contributed by atoms with Crippen LogP contribution in [0.1, 0.15) is 51.7 Å². The highest BCUT2D eigenvalue weighted by molar-refractivity contribution is 7.90. The van der Waals surface area contributed by atoms with Crippen LogP contribution in [0.15, 0.2) is 12.1 Å². The molecule has 9 heteroatoms. The van der Waals surface area contributed by atoms with Crippen molar-refractivity contribution >= 4 is 27.4 Å². The highest BCUT2D eigenvalue weighted by atomic mass is 32.2. The Kier molecular flexibility index (Phi) is 7.73. The number of morpholine rings is 1. The van der Waals surface area contributed by atoms with E-state index in [4.69, 9.17) is 4.74 Å². The largest absolute Gasteiger partial charge is 0.372 e. The second-order valence-corrected chi connectivity index (χ2v) is 11.8. The van der Waals surface area contributed by atoms with Gasteiger partial charge in [0.15, 0.2) is 0 Å². The number of hydrogen-bond donors (Lipinski definition) is 2. The van der Waals surface area contributed by atoms with Gasteiger partial charge in [-0.1, -0.05) is 0 Å². The van der Waals surface area contributed by atoms with Crippen molar-refractivity contribution in [3.63, 3.8) is 0 Å². The molecule has 0 radical (unpaired) electrons. The molecule has 3 rings (SSSR count). The van der Waals surface area contributed by atoms with Crippen LogP contribution in [0.25, 0.3) is 0 Å². The summed E-state index contributed by atoms with van der Waals surface area (Å²) >= 11 is 0.